The van der Waals surface area contributed by atoms with Gasteiger partial charge in [0.2, 0.25) is 20.3 Å². The van der Waals surface area contributed by atoms with Crippen molar-refractivity contribution in [1.29, 1.82) is 0 Å². The van der Waals surface area contributed by atoms with Crippen LogP contribution in [0.1, 0.15) is 60.7 Å². The second-order valence-corrected chi connectivity index (χ2v) is 30.6. The minimum Gasteiger partial charge on any atom is -0.543 e. The fourth-order valence-corrected chi connectivity index (χ4v) is 13.2. The van der Waals surface area contributed by atoms with E-state index in [1.165, 1.54) is 42.1 Å². The molecule has 0 amide bonds. The highest BCUT2D eigenvalue weighted by atomic mass is 35.5. The van der Waals surface area contributed by atoms with Gasteiger partial charge in [-0.25, -0.2) is 24.1 Å². The molecule has 9 aromatic rings. The van der Waals surface area contributed by atoms with Crippen LogP contribution in [0.4, 0.5) is 17.6 Å². The maximum absolute atomic E-state index is 14.8. The predicted molar refractivity (Wildman–Crippen MR) is 357 cm³/mol. The van der Waals surface area contributed by atoms with Gasteiger partial charge in [-0.15, -0.1) is 11.3 Å². The summed E-state index contributed by atoms with van der Waals surface area (Å²) < 4.78 is 104. The molecule has 4 heterocycles. The second-order valence-electron chi connectivity index (χ2n) is 24.5. The summed E-state index contributed by atoms with van der Waals surface area (Å²) in [4.78, 5) is 37.0. The number of methoxy groups -OCH3 is 2. The predicted octanol–water partition coefficient (Wildman–Crippen LogP) is 15.3. The molecule has 3 aromatic heterocycles. The molecule has 10 rings (SSSR count). The molecule has 1 N–H and O–H groups in total. The van der Waals surface area contributed by atoms with E-state index in [9.17, 15) is 27.5 Å². The highest BCUT2D eigenvalue weighted by Crippen LogP contribution is 2.50. The number of ether oxygens (including phenoxy) is 7. The fraction of sp³-hybridized carbons (Fsp3) is 0.338. The number of aliphatic carboxylic acids is 1. The van der Waals surface area contributed by atoms with Gasteiger partial charge in [-0.3, -0.25) is 4.90 Å². The molecule has 94 heavy (non-hydrogen) atoms. The van der Waals surface area contributed by atoms with Crippen LogP contribution in [0.5, 0.6) is 40.6 Å². The Balaban J connectivity index is 1.02. The van der Waals surface area contributed by atoms with E-state index in [2.05, 4.69) is 77.8 Å². The molecule has 0 unspecified atom stereocenters. The van der Waals surface area contributed by atoms with Crippen molar-refractivity contribution in [3.8, 4) is 62.2 Å². The largest absolute Gasteiger partial charge is 0.543 e. The lowest BCUT2D eigenvalue weighted by molar-refractivity contribution is -0.145. The fourth-order valence-electron chi connectivity index (χ4n) is 10.8. The molecule has 1 fully saturated rings. The number of piperazine rings is 1. The van der Waals surface area contributed by atoms with E-state index in [4.69, 9.17) is 54.2 Å². The van der Waals surface area contributed by atoms with E-state index in [1.807, 2.05) is 85.8 Å². The molecule has 0 bridgehead atoms. The zero-order valence-corrected chi connectivity index (χ0v) is 56.3. The number of hydrogen-bond donors (Lipinski definition) is 1. The maximum Gasteiger partial charge on any atom is 0.392 e. The Morgan fingerprint density at radius 2 is 1.40 bits per heavy atom. The Morgan fingerprint density at radius 1 is 0.766 bits per heavy atom. The number of thiophene rings is 1. The van der Waals surface area contributed by atoms with Gasteiger partial charge >= 0.3 is 18.2 Å². The number of alkyl halides is 3. The van der Waals surface area contributed by atoms with Crippen molar-refractivity contribution in [1.82, 2.24) is 29.7 Å². The Bertz CT molecular complexity index is 4000. The molecular weight excluding hydrogens is 1270 g/mol. The third-order valence-electron chi connectivity index (χ3n) is 17.0. The molecule has 2 atom stereocenters. The van der Waals surface area contributed by atoms with Crippen LogP contribution in [-0.4, -0.2) is 135 Å². The standard InChI is InChI=1S/C71H75ClF4N6O10SSi/c1-45-57(28-30-59(63(45)72)90-56(41-82-36-34-81(5)35-37-82)43-89-71(48-13-11-10-12-14-48,49-17-23-53(85-6)24-18-49)50-19-25-54(86-7)26-20-50)61-62-65(78-44-79-66(62)93-64(61)46-15-21-51(73)22-16-46)91-60(67(83)84)40-47-39-55(92-94(8,9)69(2,3)4)27-29-58(47)88-42-52-31-33-77-68(80-52)87-38-32-70(74,75)76/h10-31,33,39,44,56,60H,32,34-38,40-43H2,1-9H3,(H,83,84)/t56-,60-/m1/s1. The molecule has 494 valence electrons. The SMILES string of the molecule is COc1ccc(C(OC[C@@H](CN2CCN(C)CC2)Oc2ccc(-c3c(-c4ccc(F)cc4)sc4ncnc(O[C@H](Cc5cc(O[Si](C)(C)C(C)(C)C)ccc5OCc5ccnc(OCCC(F)(F)F)n5)C(=O)O)c34)c(C)c2Cl)(c2ccccc2)c2ccc(OC)cc2)cc1. The summed E-state index contributed by atoms with van der Waals surface area (Å²) >= 11 is 8.91. The number of halogens is 5. The Morgan fingerprint density at radius 3 is 2.03 bits per heavy atom. The van der Waals surface area contributed by atoms with Crippen molar-refractivity contribution in [2.45, 2.75) is 89.3 Å². The number of hydrogen-bond acceptors (Lipinski definition) is 16. The topological polar surface area (TPSA) is 169 Å². The molecule has 0 spiro atoms. The number of likely N-dealkylation sites (N-methyl/N-ethyl adjacent to an activating group) is 1. The van der Waals surface area contributed by atoms with E-state index in [0.29, 0.717) is 77.5 Å². The molecule has 16 nitrogen and oxygen atoms in total. The molecule has 23 heteroatoms. The summed E-state index contributed by atoms with van der Waals surface area (Å²) in [5.41, 5.74) is 4.54. The monoisotopic (exact) mass is 1340 g/mol. The van der Waals surface area contributed by atoms with Gasteiger partial charge in [0.15, 0.2) is 0 Å². The first kappa shape index (κ1) is 68.5. The normalized spacial score (nSPS) is 14.1. The molecule has 0 saturated carbocycles. The highest BCUT2D eigenvalue weighted by Gasteiger charge is 2.41. The van der Waals surface area contributed by atoms with Gasteiger partial charge in [0.25, 0.3) is 0 Å². The molecule has 0 aliphatic carbocycles. The Labute approximate surface area is 554 Å². The van der Waals surface area contributed by atoms with Gasteiger partial charge in [0.05, 0.1) is 43.4 Å². The van der Waals surface area contributed by atoms with Crippen LogP contribution >= 0.6 is 22.9 Å². The first-order valence-electron chi connectivity index (χ1n) is 30.7. The summed E-state index contributed by atoms with van der Waals surface area (Å²) in [6, 6.07) is 41.9. The number of carbonyl (C=O) groups is 1. The van der Waals surface area contributed by atoms with Gasteiger partial charge in [-0.05, 0) is 132 Å². The van der Waals surface area contributed by atoms with Gasteiger partial charge in [0, 0.05) is 61.3 Å². The lowest BCUT2D eigenvalue weighted by Gasteiger charge is -2.39. The Kier molecular flexibility index (Phi) is 21.5. The van der Waals surface area contributed by atoms with E-state index >= 15 is 0 Å². The first-order chi connectivity index (χ1) is 44.9. The summed E-state index contributed by atoms with van der Waals surface area (Å²) in [6.07, 6.45) is -5.45. The van der Waals surface area contributed by atoms with Crippen molar-refractivity contribution in [2.75, 3.05) is 67.2 Å². The maximum atomic E-state index is 14.8. The van der Waals surface area contributed by atoms with Crippen molar-refractivity contribution >= 4 is 47.4 Å². The van der Waals surface area contributed by atoms with E-state index in [1.54, 1.807) is 44.6 Å². The number of nitrogens with zero attached hydrogens (tertiary/aromatic N) is 6. The average Bonchev–Trinajstić information content (AvgIpc) is 1.41. The number of benzene rings is 6. The molecular formula is C71H75ClF4N6O10SSi. The van der Waals surface area contributed by atoms with Crippen molar-refractivity contribution < 1.29 is 65.0 Å². The third-order valence-corrected chi connectivity index (χ3v) is 23.0. The zero-order chi connectivity index (χ0) is 67.0. The van der Waals surface area contributed by atoms with Crippen molar-refractivity contribution in [3.05, 3.63) is 196 Å². The number of rotatable bonds is 27. The van der Waals surface area contributed by atoms with Crippen LogP contribution in [0.25, 0.3) is 31.8 Å². The lowest BCUT2D eigenvalue weighted by Crippen LogP contribution is -2.49. The molecule has 1 aliphatic rings. The number of fused-ring (bicyclic) bond motifs is 1. The van der Waals surface area contributed by atoms with Crippen LogP contribution in [0.15, 0.2) is 152 Å². The highest BCUT2D eigenvalue weighted by molar-refractivity contribution is 7.22. The zero-order valence-electron chi connectivity index (χ0n) is 53.8. The van der Waals surface area contributed by atoms with Crippen LogP contribution in [0.3, 0.4) is 0 Å². The van der Waals surface area contributed by atoms with Gasteiger partial charge in [-0.2, -0.15) is 18.2 Å². The number of carboxylic acid groups (broad SMARTS) is 1. The quantitative estimate of drug-likeness (QED) is 0.0293. The number of carboxylic acids is 1. The van der Waals surface area contributed by atoms with Gasteiger partial charge in [0.1, 0.15) is 70.6 Å². The van der Waals surface area contributed by atoms with Gasteiger partial charge in [-0.1, -0.05) is 105 Å². The van der Waals surface area contributed by atoms with Gasteiger partial charge < -0.3 is 47.6 Å². The minimum atomic E-state index is -4.43. The average molecular weight is 1340 g/mol. The summed E-state index contributed by atoms with van der Waals surface area (Å²) in [5.74, 6) is 0.681. The smallest absolute Gasteiger partial charge is 0.392 e. The molecule has 0 radical (unpaired) electrons. The minimum absolute atomic E-state index is 0.0527. The van der Waals surface area contributed by atoms with E-state index < -0.39 is 57.1 Å². The molecule has 1 aliphatic heterocycles. The van der Waals surface area contributed by atoms with E-state index in [-0.39, 0.29) is 48.0 Å². The van der Waals surface area contributed by atoms with Crippen LogP contribution in [0, 0.1) is 12.7 Å². The van der Waals surface area contributed by atoms with Crippen LogP contribution in [-0.2, 0) is 28.2 Å². The molecule has 1 saturated heterocycles. The van der Waals surface area contributed by atoms with Crippen LogP contribution < -0.4 is 32.8 Å². The first-order valence-corrected chi connectivity index (χ1v) is 34.8. The lowest BCUT2D eigenvalue weighted by atomic mass is 9.80. The third kappa shape index (κ3) is 16.2. The van der Waals surface area contributed by atoms with Crippen molar-refractivity contribution in [3.63, 3.8) is 0 Å². The second kappa shape index (κ2) is 29.5. The van der Waals surface area contributed by atoms with Crippen molar-refractivity contribution in [2.24, 2.45) is 0 Å². The Hall–Kier alpha value is -8.38. The number of aromatic nitrogens is 4. The van der Waals surface area contributed by atoms with E-state index in [0.717, 1.165) is 42.9 Å². The molecule has 6 aromatic carbocycles. The summed E-state index contributed by atoms with van der Waals surface area (Å²) in [5, 5.41) is 11.6. The summed E-state index contributed by atoms with van der Waals surface area (Å²) in [6.45, 7) is 15.4. The van der Waals surface area contributed by atoms with Crippen LogP contribution in [0.2, 0.25) is 23.2 Å². The summed E-state index contributed by atoms with van der Waals surface area (Å²) in [7, 11) is 2.92.